The van der Waals surface area contributed by atoms with E-state index >= 15 is 0 Å². The second-order valence-electron chi connectivity index (χ2n) is 9.85. The normalized spacial score (nSPS) is 17.8. The maximum absolute atomic E-state index is 13.4. The summed E-state index contributed by atoms with van der Waals surface area (Å²) >= 11 is 0. The van der Waals surface area contributed by atoms with Crippen molar-refractivity contribution in [2.24, 2.45) is 0 Å². The summed E-state index contributed by atoms with van der Waals surface area (Å²) in [7, 11) is -4.00. The maximum Gasteiger partial charge on any atom is 0.258 e. The topological polar surface area (TPSA) is 129 Å². The second kappa shape index (κ2) is 11.0. The van der Waals surface area contributed by atoms with Crippen LogP contribution in [0, 0.1) is 5.82 Å². The van der Waals surface area contributed by atoms with Gasteiger partial charge in [0.2, 0.25) is 5.91 Å². The lowest BCUT2D eigenvalue weighted by Gasteiger charge is -2.24. The minimum absolute atomic E-state index is 0.0806. The van der Waals surface area contributed by atoms with Gasteiger partial charge in [0.15, 0.2) is 5.03 Å². The van der Waals surface area contributed by atoms with E-state index in [4.69, 9.17) is 0 Å². The lowest BCUT2D eigenvalue weighted by atomic mass is 9.96. The standard InChI is InChI=1S/C27H29FN4O5S/c1-27(2,17-33)31-38(36,37)24-13-12-22(15-29-24)30-25(34)23-14-20(18-6-4-3-5-7-18)16-32(23)26(35)19-8-10-21(28)11-9-19/h3-13,15,20,23,31,33H,14,16-17H2,1-2H3,(H,30,34)/t20-,23+/m1/s1. The summed E-state index contributed by atoms with van der Waals surface area (Å²) in [5, 5.41) is 11.8. The number of nitrogens with one attached hydrogen (secondary N) is 2. The first-order valence-electron chi connectivity index (χ1n) is 12.0. The zero-order valence-electron chi connectivity index (χ0n) is 21.0. The zero-order chi connectivity index (χ0) is 27.5. The van der Waals surface area contributed by atoms with Gasteiger partial charge in [-0.05, 0) is 62.2 Å². The Hall–Kier alpha value is -3.67. The van der Waals surface area contributed by atoms with Crippen LogP contribution in [0.3, 0.4) is 0 Å². The fourth-order valence-corrected chi connectivity index (χ4v) is 5.66. The van der Waals surface area contributed by atoms with Crippen molar-refractivity contribution in [1.82, 2.24) is 14.6 Å². The zero-order valence-corrected chi connectivity index (χ0v) is 21.8. The van der Waals surface area contributed by atoms with Crippen molar-refractivity contribution >= 4 is 27.5 Å². The van der Waals surface area contributed by atoms with Gasteiger partial charge in [0, 0.05) is 18.0 Å². The molecule has 2 heterocycles. The van der Waals surface area contributed by atoms with E-state index in [2.05, 4.69) is 15.0 Å². The van der Waals surface area contributed by atoms with E-state index < -0.39 is 39.9 Å². The van der Waals surface area contributed by atoms with E-state index in [-0.39, 0.29) is 28.1 Å². The lowest BCUT2D eigenvalue weighted by molar-refractivity contribution is -0.119. The van der Waals surface area contributed by atoms with Crippen LogP contribution in [-0.2, 0) is 14.8 Å². The Morgan fingerprint density at radius 3 is 2.37 bits per heavy atom. The molecule has 200 valence electrons. The third-order valence-corrected chi connectivity index (χ3v) is 7.93. The van der Waals surface area contributed by atoms with E-state index in [0.29, 0.717) is 13.0 Å². The Bertz CT molecular complexity index is 1400. The van der Waals surface area contributed by atoms with Crippen molar-refractivity contribution in [1.29, 1.82) is 0 Å². The Kier molecular flexibility index (Phi) is 7.91. The van der Waals surface area contributed by atoms with Crippen LogP contribution < -0.4 is 10.0 Å². The first-order chi connectivity index (χ1) is 18.0. The molecular weight excluding hydrogens is 511 g/mol. The average Bonchev–Trinajstić information content (AvgIpc) is 3.35. The number of hydrogen-bond acceptors (Lipinski definition) is 6. The third-order valence-electron chi connectivity index (χ3n) is 6.31. The molecule has 3 aromatic rings. The first kappa shape index (κ1) is 27.4. The Morgan fingerprint density at radius 2 is 1.76 bits per heavy atom. The molecule has 0 radical (unpaired) electrons. The number of benzene rings is 2. The van der Waals surface area contributed by atoms with Gasteiger partial charge in [0.05, 0.1) is 24.0 Å². The number of aliphatic hydroxyl groups excluding tert-OH is 1. The molecule has 1 fully saturated rings. The van der Waals surface area contributed by atoms with Gasteiger partial charge in [-0.2, -0.15) is 0 Å². The highest BCUT2D eigenvalue weighted by atomic mass is 32.2. The quantitative estimate of drug-likeness (QED) is 0.403. The van der Waals surface area contributed by atoms with Crippen LogP contribution in [-0.4, -0.2) is 60.0 Å². The molecule has 0 bridgehead atoms. The number of hydrogen-bond donors (Lipinski definition) is 3. The monoisotopic (exact) mass is 540 g/mol. The van der Waals surface area contributed by atoms with Gasteiger partial charge in [-0.1, -0.05) is 30.3 Å². The van der Waals surface area contributed by atoms with Crippen LogP contribution in [0.15, 0.2) is 78.0 Å². The number of nitrogens with zero attached hydrogens (tertiary/aromatic N) is 2. The molecule has 11 heteroatoms. The number of aliphatic hydroxyl groups is 1. The molecule has 2 aromatic carbocycles. The molecule has 0 unspecified atom stereocenters. The van der Waals surface area contributed by atoms with Crippen LogP contribution in [0.5, 0.6) is 0 Å². The summed E-state index contributed by atoms with van der Waals surface area (Å²) in [4.78, 5) is 32.1. The van der Waals surface area contributed by atoms with Crippen LogP contribution in [0.4, 0.5) is 10.1 Å². The largest absolute Gasteiger partial charge is 0.394 e. The van der Waals surface area contributed by atoms with Crippen molar-refractivity contribution in [3.05, 3.63) is 89.9 Å². The number of amides is 2. The van der Waals surface area contributed by atoms with Crippen LogP contribution in [0.2, 0.25) is 0 Å². The van der Waals surface area contributed by atoms with Crippen molar-refractivity contribution < 1.29 is 27.5 Å². The number of aromatic nitrogens is 1. The number of sulfonamides is 1. The summed E-state index contributed by atoms with van der Waals surface area (Å²) in [5.41, 5.74) is 0.445. The minimum Gasteiger partial charge on any atom is -0.394 e. The molecule has 1 aromatic heterocycles. The van der Waals surface area contributed by atoms with Crippen molar-refractivity contribution in [2.45, 2.75) is 42.8 Å². The van der Waals surface area contributed by atoms with E-state index in [9.17, 15) is 27.5 Å². The van der Waals surface area contributed by atoms with Crippen LogP contribution in [0.25, 0.3) is 0 Å². The first-order valence-corrected chi connectivity index (χ1v) is 13.5. The average molecular weight is 541 g/mol. The van der Waals surface area contributed by atoms with E-state index in [1.54, 1.807) is 0 Å². The second-order valence-corrected chi connectivity index (χ2v) is 11.5. The molecule has 9 nitrogen and oxygen atoms in total. The number of pyridine rings is 1. The smallest absolute Gasteiger partial charge is 0.258 e. The van der Waals surface area contributed by atoms with E-state index in [0.717, 1.165) is 5.56 Å². The Labute approximate surface area is 220 Å². The van der Waals surface area contributed by atoms with Gasteiger partial charge >= 0.3 is 0 Å². The Morgan fingerprint density at radius 1 is 1.08 bits per heavy atom. The van der Waals surface area contributed by atoms with Gasteiger partial charge in [-0.25, -0.2) is 22.5 Å². The number of rotatable bonds is 8. The number of carbonyl (C=O) groups excluding carboxylic acids is 2. The number of halogens is 1. The summed E-state index contributed by atoms with van der Waals surface area (Å²) in [6.07, 6.45) is 1.59. The number of anilines is 1. The molecule has 4 rings (SSSR count). The summed E-state index contributed by atoms with van der Waals surface area (Å²) < 4.78 is 40.9. The highest BCUT2D eigenvalue weighted by Gasteiger charge is 2.40. The fourth-order valence-electron chi connectivity index (χ4n) is 4.32. The molecule has 2 amide bonds. The summed E-state index contributed by atoms with van der Waals surface area (Å²) in [5.74, 6) is -1.38. The van der Waals surface area contributed by atoms with Crippen molar-refractivity contribution in [3.63, 3.8) is 0 Å². The molecule has 3 N–H and O–H groups in total. The van der Waals surface area contributed by atoms with Gasteiger partial charge in [0.25, 0.3) is 15.9 Å². The van der Waals surface area contributed by atoms with Gasteiger partial charge in [0.1, 0.15) is 11.9 Å². The third kappa shape index (κ3) is 6.24. The summed E-state index contributed by atoms with van der Waals surface area (Å²) in [6.45, 7) is 2.96. The molecule has 1 saturated heterocycles. The SMILES string of the molecule is CC(C)(CO)NS(=O)(=O)c1ccc(NC(=O)[C@@H]2C[C@@H](c3ccccc3)CN2C(=O)c2ccc(F)cc2)cn1. The summed E-state index contributed by atoms with van der Waals surface area (Å²) in [6, 6.07) is 16.6. The molecule has 2 atom stereocenters. The minimum atomic E-state index is -4.00. The molecule has 38 heavy (non-hydrogen) atoms. The molecule has 1 aliphatic heterocycles. The highest BCUT2D eigenvalue weighted by molar-refractivity contribution is 7.89. The van der Waals surface area contributed by atoms with Crippen LogP contribution >= 0.6 is 0 Å². The van der Waals surface area contributed by atoms with Crippen LogP contribution in [0.1, 0.15) is 42.1 Å². The van der Waals surface area contributed by atoms with Gasteiger partial charge < -0.3 is 15.3 Å². The lowest BCUT2D eigenvalue weighted by Crippen LogP contribution is -2.46. The predicted molar refractivity (Wildman–Crippen MR) is 139 cm³/mol. The maximum atomic E-state index is 13.4. The van der Waals surface area contributed by atoms with Crippen molar-refractivity contribution in [2.75, 3.05) is 18.5 Å². The number of likely N-dealkylation sites (tertiary alicyclic amines) is 1. The Balaban J connectivity index is 1.54. The van der Waals surface area contributed by atoms with Gasteiger partial charge in [-0.15, -0.1) is 0 Å². The van der Waals surface area contributed by atoms with E-state index in [1.165, 1.54) is 61.3 Å². The van der Waals surface area contributed by atoms with E-state index in [1.807, 2.05) is 30.3 Å². The number of carbonyl (C=O) groups is 2. The van der Waals surface area contributed by atoms with Crippen molar-refractivity contribution in [3.8, 4) is 0 Å². The highest BCUT2D eigenvalue weighted by Crippen LogP contribution is 2.33. The predicted octanol–water partition coefficient (Wildman–Crippen LogP) is 2.91. The fraction of sp³-hybridized carbons (Fsp3) is 0.296. The molecule has 1 aliphatic rings. The molecule has 0 saturated carbocycles. The van der Waals surface area contributed by atoms with Gasteiger partial charge in [-0.3, -0.25) is 9.59 Å². The molecule has 0 aliphatic carbocycles. The molecule has 0 spiro atoms. The molecular formula is C27H29FN4O5S.